The largest absolute Gasteiger partial charge is 0.363 e. The number of hydrogen-bond acceptors (Lipinski definition) is 7. The summed E-state index contributed by atoms with van der Waals surface area (Å²) in [7, 11) is -3.07. The molecule has 0 N–H and O–H groups in total. The molecule has 1 saturated heterocycles. The van der Waals surface area contributed by atoms with Gasteiger partial charge in [-0.2, -0.15) is 0 Å². The molecular formula is C22H27N5O2S. The average Bonchev–Trinajstić information content (AvgIpc) is 3.21. The van der Waals surface area contributed by atoms with Crippen molar-refractivity contribution in [2.75, 3.05) is 29.1 Å². The third-order valence-electron chi connectivity index (χ3n) is 6.60. The van der Waals surface area contributed by atoms with Crippen LogP contribution in [0.25, 0.3) is 6.08 Å². The Labute approximate surface area is 177 Å². The number of anilines is 2. The van der Waals surface area contributed by atoms with Crippen LogP contribution >= 0.6 is 0 Å². The minimum atomic E-state index is -3.07. The zero-order chi connectivity index (χ0) is 20.9. The molecule has 1 fully saturated rings. The molecule has 0 bridgehead atoms. The van der Waals surface area contributed by atoms with Crippen LogP contribution in [0.3, 0.4) is 0 Å². The van der Waals surface area contributed by atoms with Gasteiger partial charge in [-0.05, 0) is 25.8 Å². The third kappa shape index (κ3) is 3.37. The van der Waals surface area contributed by atoms with Gasteiger partial charge in [0.1, 0.15) is 12.1 Å². The van der Waals surface area contributed by atoms with Crippen molar-refractivity contribution in [3.05, 3.63) is 47.2 Å². The first-order chi connectivity index (χ1) is 14.4. The normalized spacial score (nSPS) is 23.4. The van der Waals surface area contributed by atoms with Crippen molar-refractivity contribution in [3.63, 3.8) is 0 Å². The molecule has 2 aromatic heterocycles. The van der Waals surface area contributed by atoms with Gasteiger partial charge in [-0.1, -0.05) is 12.2 Å². The molecule has 0 radical (unpaired) electrons. The minimum absolute atomic E-state index is 0.311. The van der Waals surface area contributed by atoms with Crippen LogP contribution in [-0.4, -0.2) is 54.0 Å². The Balaban J connectivity index is 1.50. The fourth-order valence-corrected chi connectivity index (χ4v) is 6.00. The highest BCUT2D eigenvalue weighted by molar-refractivity contribution is 7.91. The maximum absolute atomic E-state index is 12.2. The lowest BCUT2D eigenvalue weighted by Crippen LogP contribution is -2.45. The predicted molar refractivity (Wildman–Crippen MR) is 118 cm³/mol. The number of sulfone groups is 1. The standard InChI is InChI=1S/C22H27N5O2S/c1-15-11-20-18(13-27(15)21-8-9-23-19-7-3-6-17(19)21)22(25-14-24-20)26-10-4-5-16(12-26)30(2,28)29/h3,6,8-9,14-16H,4-5,7,10-13H2,1-2H3/t15-,16?/m1/s1. The van der Waals surface area contributed by atoms with E-state index >= 15 is 0 Å². The summed E-state index contributed by atoms with van der Waals surface area (Å²) in [5.41, 5.74) is 5.74. The quantitative estimate of drug-likeness (QED) is 0.747. The third-order valence-corrected chi connectivity index (χ3v) is 8.19. The maximum Gasteiger partial charge on any atom is 0.152 e. The van der Waals surface area contributed by atoms with E-state index in [9.17, 15) is 8.42 Å². The maximum atomic E-state index is 12.2. The average molecular weight is 426 g/mol. The van der Waals surface area contributed by atoms with Crippen molar-refractivity contribution in [1.82, 2.24) is 15.0 Å². The second-order valence-corrected chi connectivity index (χ2v) is 11.0. The van der Waals surface area contributed by atoms with Crippen molar-refractivity contribution in [1.29, 1.82) is 0 Å². The molecule has 2 aromatic rings. The van der Waals surface area contributed by atoms with Crippen molar-refractivity contribution in [2.24, 2.45) is 0 Å². The summed E-state index contributed by atoms with van der Waals surface area (Å²) in [4.78, 5) is 18.3. The molecule has 3 aliphatic rings. The topological polar surface area (TPSA) is 79.3 Å². The zero-order valence-corrected chi connectivity index (χ0v) is 18.3. The van der Waals surface area contributed by atoms with Crippen LogP contribution in [-0.2, 0) is 29.2 Å². The van der Waals surface area contributed by atoms with Gasteiger partial charge < -0.3 is 9.80 Å². The number of fused-ring (bicyclic) bond motifs is 2. The molecule has 0 spiro atoms. The molecule has 2 atom stereocenters. The summed E-state index contributed by atoms with van der Waals surface area (Å²) in [5, 5.41) is -0.330. The van der Waals surface area contributed by atoms with Gasteiger partial charge in [-0.25, -0.2) is 18.4 Å². The van der Waals surface area contributed by atoms with E-state index in [0.29, 0.717) is 12.6 Å². The van der Waals surface area contributed by atoms with Crippen LogP contribution in [0.5, 0.6) is 0 Å². The summed E-state index contributed by atoms with van der Waals surface area (Å²) >= 11 is 0. The second kappa shape index (κ2) is 7.34. The monoisotopic (exact) mass is 425 g/mol. The number of rotatable bonds is 3. The molecule has 1 aliphatic carbocycles. The summed E-state index contributed by atoms with van der Waals surface area (Å²) in [6, 6.07) is 2.41. The number of aromatic nitrogens is 3. The van der Waals surface area contributed by atoms with Crippen LogP contribution in [0, 0.1) is 0 Å². The lowest BCUT2D eigenvalue weighted by atomic mass is 9.97. The summed E-state index contributed by atoms with van der Waals surface area (Å²) < 4.78 is 24.3. The molecule has 7 nitrogen and oxygen atoms in total. The molecule has 4 heterocycles. The number of hydrogen-bond donors (Lipinski definition) is 0. The molecule has 30 heavy (non-hydrogen) atoms. The molecule has 0 aromatic carbocycles. The summed E-state index contributed by atoms with van der Waals surface area (Å²) in [6.45, 7) is 4.29. The fraction of sp³-hybridized carbons (Fsp3) is 0.500. The fourth-order valence-electron chi connectivity index (χ4n) is 4.96. The number of allylic oxidation sites excluding steroid dienone is 1. The van der Waals surface area contributed by atoms with E-state index in [2.05, 4.69) is 49.9 Å². The van der Waals surface area contributed by atoms with Gasteiger partial charge >= 0.3 is 0 Å². The van der Waals surface area contributed by atoms with Gasteiger partial charge in [0, 0.05) is 67.8 Å². The van der Waals surface area contributed by atoms with E-state index in [-0.39, 0.29) is 5.25 Å². The van der Waals surface area contributed by atoms with Crippen molar-refractivity contribution in [2.45, 2.75) is 50.4 Å². The van der Waals surface area contributed by atoms with Crippen LogP contribution < -0.4 is 9.80 Å². The van der Waals surface area contributed by atoms with Crippen molar-refractivity contribution in [3.8, 4) is 0 Å². The van der Waals surface area contributed by atoms with Crippen LogP contribution in [0.1, 0.15) is 42.3 Å². The van der Waals surface area contributed by atoms with E-state index < -0.39 is 9.84 Å². The van der Waals surface area contributed by atoms with Gasteiger partial charge in [0.2, 0.25) is 0 Å². The van der Waals surface area contributed by atoms with E-state index in [1.54, 1.807) is 6.33 Å². The minimum Gasteiger partial charge on any atom is -0.363 e. The first kappa shape index (κ1) is 19.5. The number of nitrogens with zero attached hydrogens (tertiary/aromatic N) is 5. The van der Waals surface area contributed by atoms with Gasteiger partial charge in [0.15, 0.2) is 9.84 Å². The molecule has 2 aliphatic heterocycles. The van der Waals surface area contributed by atoms with E-state index in [0.717, 1.165) is 61.5 Å². The van der Waals surface area contributed by atoms with Gasteiger partial charge in [-0.15, -0.1) is 0 Å². The Bertz CT molecular complexity index is 1110. The Hall–Kier alpha value is -2.48. The number of piperidine rings is 1. The molecule has 8 heteroatoms. The highest BCUT2D eigenvalue weighted by atomic mass is 32.2. The van der Waals surface area contributed by atoms with E-state index in [1.807, 2.05) is 6.20 Å². The predicted octanol–water partition coefficient (Wildman–Crippen LogP) is 2.41. The molecule has 1 unspecified atom stereocenters. The number of pyridine rings is 1. The molecule has 0 amide bonds. The molecule has 5 rings (SSSR count). The lowest BCUT2D eigenvalue weighted by Gasteiger charge is -2.40. The Morgan fingerprint density at radius 1 is 1.17 bits per heavy atom. The van der Waals surface area contributed by atoms with Crippen LogP contribution in [0.15, 0.2) is 24.7 Å². The summed E-state index contributed by atoms with van der Waals surface area (Å²) in [5.74, 6) is 0.895. The lowest BCUT2D eigenvalue weighted by molar-refractivity contribution is 0.528. The highest BCUT2D eigenvalue weighted by Crippen LogP contribution is 2.36. The Morgan fingerprint density at radius 3 is 2.87 bits per heavy atom. The van der Waals surface area contributed by atoms with Gasteiger partial charge in [-0.3, -0.25) is 4.98 Å². The molecular weight excluding hydrogens is 398 g/mol. The van der Waals surface area contributed by atoms with E-state index in [4.69, 9.17) is 0 Å². The van der Waals surface area contributed by atoms with Crippen molar-refractivity contribution < 1.29 is 8.42 Å². The van der Waals surface area contributed by atoms with Gasteiger partial charge in [0.05, 0.1) is 16.6 Å². The Morgan fingerprint density at radius 2 is 2.03 bits per heavy atom. The van der Waals surface area contributed by atoms with Crippen LogP contribution in [0.2, 0.25) is 0 Å². The zero-order valence-electron chi connectivity index (χ0n) is 17.5. The smallest absolute Gasteiger partial charge is 0.152 e. The molecule has 158 valence electrons. The van der Waals surface area contributed by atoms with Gasteiger partial charge in [0.25, 0.3) is 0 Å². The van der Waals surface area contributed by atoms with Crippen LogP contribution in [0.4, 0.5) is 11.5 Å². The Kier molecular flexibility index (Phi) is 4.76. The first-order valence-corrected chi connectivity index (χ1v) is 12.5. The molecule has 0 saturated carbocycles. The summed E-state index contributed by atoms with van der Waals surface area (Å²) in [6.07, 6.45) is 12.5. The second-order valence-electron chi connectivity index (χ2n) is 8.64. The highest BCUT2D eigenvalue weighted by Gasteiger charge is 2.33. The van der Waals surface area contributed by atoms with E-state index in [1.165, 1.54) is 17.5 Å². The SMILES string of the molecule is C[C@@H]1Cc2ncnc(N3CCCC(S(C)(=O)=O)C3)c2CN1c1ccnc2c1C=CC2. The van der Waals surface area contributed by atoms with Crippen molar-refractivity contribution >= 4 is 27.4 Å². The first-order valence-electron chi connectivity index (χ1n) is 10.6.